The fourth-order valence-corrected chi connectivity index (χ4v) is 3.61. The molecular weight excluding hydrogens is 321 g/mol. The summed E-state index contributed by atoms with van der Waals surface area (Å²) in [6.45, 7) is 1.75. The number of hydrogen-bond donors (Lipinski definition) is 0. The molecule has 1 atom stereocenters. The molecule has 0 spiro atoms. The highest BCUT2D eigenvalue weighted by Gasteiger charge is 2.28. The van der Waals surface area contributed by atoms with E-state index in [1.165, 1.54) is 31.4 Å². The van der Waals surface area contributed by atoms with E-state index >= 15 is 0 Å². The summed E-state index contributed by atoms with van der Waals surface area (Å²) in [4.78, 5) is 16.3. The van der Waals surface area contributed by atoms with Crippen molar-refractivity contribution in [3.63, 3.8) is 0 Å². The number of ether oxygens (including phenoxy) is 1. The van der Waals surface area contributed by atoms with Gasteiger partial charge in [0.2, 0.25) is 0 Å². The maximum atomic E-state index is 13.1. The van der Waals surface area contributed by atoms with Crippen LogP contribution in [0, 0.1) is 11.7 Å². The fourth-order valence-electron chi connectivity index (χ4n) is 2.51. The summed E-state index contributed by atoms with van der Waals surface area (Å²) >= 11 is 0. The summed E-state index contributed by atoms with van der Waals surface area (Å²) in [7, 11) is -2.26. The van der Waals surface area contributed by atoms with Crippen molar-refractivity contribution in [1.29, 1.82) is 0 Å². The van der Waals surface area contributed by atoms with E-state index in [0.29, 0.717) is 24.0 Å². The second-order valence-corrected chi connectivity index (χ2v) is 7.45. The molecule has 1 unspecified atom stereocenters. The predicted octanol–water partition coefficient (Wildman–Crippen LogP) is 2.58. The molecule has 0 aliphatic carbocycles. The van der Waals surface area contributed by atoms with Crippen LogP contribution in [0.15, 0.2) is 34.8 Å². The summed E-state index contributed by atoms with van der Waals surface area (Å²) in [5.74, 6) is -1.30. The number of rotatable bonds is 2. The Kier molecular flexibility index (Phi) is 4.99. The lowest BCUT2D eigenvalue weighted by molar-refractivity contribution is -0.136. The van der Waals surface area contributed by atoms with Gasteiger partial charge in [0.25, 0.3) is 0 Å². The number of benzene rings is 1. The number of aliphatic imine (C=N–C) groups is 1. The minimum Gasteiger partial charge on any atom is -0.466 e. The van der Waals surface area contributed by atoms with Crippen molar-refractivity contribution in [3.8, 4) is 0 Å². The van der Waals surface area contributed by atoms with Crippen molar-refractivity contribution in [2.45, 2.75) is 19.8 Å². The lowest BCUT2D eigenvalue weighted by atomic mass is 10.00. The van der Waals surface area contributed by atoms with Gasteiger partial charge in [-0.15, -0.1) is 0 Å². The molecule has 1 aliphatic rings. The first kappa shape index (κ1) is 17.3. The minimum atomic E-state index is -3.51. The van der Waals surface area contributed by atoms with Gasteiger partial charge in [-0.2, -0.15) is 0 Å². The zero-order valence-corrected chi connectivity index (χ0v) is 14.0. The molecule has 1 aromatic rings. The SMILES string of the molecule is COC(=O)C1=C(c2ccc(F)cc2)N=C(S(C)(=O)=O)C(C)CC1. The second-order valence-electron chi connectivity index (χ2n) is 5.49. The van der Waals surface area contributed by atoms with Crippen LogP contribution in [-0.2, 0) is 19.4 Å². The number of halogens is 1. The van der Waals surface area contributed by atoms with E-state index < -0.39 is 21.6 Å². The average molecular weight is 339 g/mol. The van der Waals surface area contributed by atoms with Crippen LogP contribution in [0.1, 0.15) is 25.3 Å². The van der Waals surface area contributed by atoms with Crippen LogP contribution in [-0.4, -0.2) is 32.8 Å². The van der Waals surface area contributed by atoms with Gasteiger partial charge < -0.3 is 4.74 Å². The molecule has 0 aromatic heterocycles. The molecule has 7 heteroatoms. The van der Waals surface area contributed by atoms with Crippen LogP contribution in [0.25, 0.3) is 5.70 Å². The van der Waals surface area contributed by atoms with Gasteiger partial charge in [0.05, 0.1) is 18.4 Å². The Morgan fingerprint density at radius 2 is 1.91 bits per heavy atom. The number of carbonyl (C=O) groups excluding carboxylic acids is 1. The third kappa shape index (κ3) is 3.85. The molecule has 0 saturated carbocycles. The first-order valence-corrected chi connectivity index (χ1v) is 8.99. The van der Waals surface area contributed by atoms with Gasteiger partial charge in [-0.3, -0.25) is 0 Å². The van der Waals surface area contributed by atoms with E-state index in [-0.39, 0.29) is 16.7 Å². The predicted molar refractivity (Wildman–Crippen MR) is 86.0 cm³/mol. The van der Waals surface area contributed by atoms with Crippen LogP contribution < -0.4 is 0 Å². The van der Waals surface area contributed by atoms with Gasteiger partial charge in [-0.25, -0.2) is 22.6 Å². The van der Waals surface area contributed by atoms with Gasteiger partial charge in [0.1, 0.15) is 10.9 Å². The number of nitrogens with zero attached hydrogens (tertiary/aromatic N) is 1. The normalized spacial score (nSPS) is 19.1. The van der Waals surface area contributed by atoms with Crippen LogP contribution in [0.5, 0.6) is 0 Å². The highest BCUT2D eigenvalue weighted by molar-refractivity contribution is 8.05. The Morgan fingerprint density at radius 1 is 1.30 bits per heavy atom. The molecule has 0 amide bonds. The molecule has 0 fully saturated rings. The smallest absolute Gasteiger partial charge is 0.335 e. The molecular formula is C16H18FNO4S. The van der Waals surface area contributed by atoms with Gasteiger partial charge in [0, 0.05) is 17.7 Å². The van der Waals surface area contributed by atoms with E-state index in [1.807, 2.05) is 0 Å². The molecule has 0 saturated heterocycles. The Bertz CT molecular complexity index is 779. The van der Waals surface area contributed by atoms with E-state index in [1.54, 1.807) is 6.92 Å². The van der Waals surface area contributed by atoms with E-state index in [9.17, 15) is 17.6 Å². The Balaban J connectivity index is 2.71. The van der Waals surface area contributed by atoms with E-state index in [0.717, 1.165) is 6.26 Å². The Hall–Kier alpha value is -2.02. The molecule has 5 nitrogen and oxygen atoms in total. The Labute approximate surface area is 134 Å². The minimum absolute atomic E-state index is 0.0238. The van der Waals surface area contributed by atoms with Crippen molar-refractivity contribution >= 4 is 26.5 Å². The summed E-state index contributed by atoms with van der Waals surface area (Å²) < 4.78 is 41.9. The van der Waals surface area contributed by atoms with Gasteiger partial charge in [0.15, 0.2) is 9.84 Å². The molecule has 1 heterocycles. The zero-order chi connectivity index (χ0) is 17.2. The molecule has 23 heavy (non-hydrogen) atoms. The number of hydrogen-bond acceptors (Lipinski definition) is 5. The maximum Gasteiger partial charge on any atom is 0.335 e. The molecule has 1 aliphatic heterocycles. The molecule has 0 radical (unpaired) electrons. The van der Waals surface area contributed by atoms with E-state index in [2.05, 4.69) is 4.99 Å². The molecule has 0 bridgehead atoms. The standard InChI is InChI=1S/C16H18FNO4S/c1-10-4-9-13(16(19)22-2)14(18-15(10)23(3,20)21)11-5-7-12(17)8-6-11/h5-8,10H,4,9H2,1-3H3. The Morgan fingerprint density at radius 3 is 2.43 bits per heavy atom. The van der Waals surface area contributed by atoms with Gasteiger partial charge in [-0.1, -0.05) is 6.92 Å². The van der Waals surface area contributed by atoms with E-state index in [4.69, 9.17) is 4.74 Å². The summed E-state index contributed by atoms with van der Waals surface area (Å²) in [5, 5.41) is 0.0238. The summed E-state index contributed by atoms with van der Waals surface area (Å²) in [6.07, 6.45) is 1.89. The van der Waals surface area contributed by atoms with Crippen molar-refractivity contribution in [2.24, 2.45) is 10.9 Å². The molecule has 1 aromatic carbocycles. The summed E-state index contributed by atoms with van der Waals surface area (Å²) in [5.41, 5.74) is 0.994. The van der Waals surface area contributed by atoms with Crippen LogP contribution in [0.4, 0.5) is 4.39 Å². The van der Waals surface area contributed by atoms with Crippen LogP contribution >= 0.6 is 0 Å². The number of carbonyl (C=O) groups is 1. The van der Waals surface area contributed by atoms with Crippen molar-refractivity contribution in [2.75, 3.05) is 13.4 Å². The first-order chi connectivity index (χ1) is 10.7. The van der Waals surface area contributed by atoms with Crippen LogP contribution in [0.3, 0.4) is 0 Å². The first-order valence-electron chi connectivity index (χ1n) is 7.10. The third-order valence-corrected chi connectivity index (χ3v) is 4.94. The highest BCUT2D eigenvalue weighted by Crippen LogP contribution is 2.31. The highest BCUT2D eigenvalue weighted by atomic mass is 32.2. The lowest BCUT2D eigenvalue weighted by Crippen LogP contribution is -2.20. The quantitative estimate of drug-likeness (QED) is 0.776. The molecule has 0 N–H and O–H groups in total. The monoisotopic (exact) mass is 339 g/mol. The number of methoxy groups -OCH3 is 1. The fraction of sp³-hybridized carbons (Fsp3) is 0.375. The van der Waals surface area contributed by atoms with Crippen molar-refractivity contribution in [3.05, 3.63) is 41.2 Å². The maximum absolute atomic E-state index is 13.1. The van der Waals surface area contributed by atoms with Gasteiger partial charge >= 0.3 is 5.97 Å². The number of sulfone groups is 1. The lowest BCUT2D eigenvalue weighted by Gasteiger charge is -2.10. The van der Waals surface area contributed by atoms with Crippen LogP contribution in [0.2, 0.25) is 0 Å². The third-order valence-electron chi connectivity index (χ3n) is 3.69. The summed E-state index contributed by atoms with van der Waals surface area (Å²) in [6, 6.07) is 5.41. The molecule has 124 valence electrons. The topological polar surface area (TPSA) is 72.8 Å². The largest absolute Gasteiger partial charge is 0.466 e. The number of esters is 1. The average Bonchev–Trinajstić information content (AvgIpc) is 2.66. The van der Waals surface area contributed by atoms with Crippen molar-refractivity contribution < 1.29 is 22.3 Å². The van der Waals surface area contributed by atoms with Gasteiger partial charge in [-0.05, 0) is 37.1 Å². The van der Waals surface area contributed by atoms with Crippen molar-refractivity contribution in [1.82, 2.24) is 0 Å². The zero-order valence-electron chi connectivity index (χ0n) is 13.2. The second kappa shape index (κ2) is 6.62. The molecule has 2 rings (SSSR count).